The van der Waals surface area contributed by atoms with Gasteiger partial charge in [0, 0.05) is 11.4 Å². The topological polar surface area (TPSA) is 67.4 Å². The van der Waals surface area contributed by atoms with E-state index < -0.39 is 11.8 Å². The van der Waals surface area contributed by atoms with Crippen LogP contribution in [0.2, 0.25) is 0 Å². The van der Waals surface area contributed by atoms with Crippen molar-refractivity contribution >= 4 is 23.2 Å². The molecule has 2 amide bonds. The van der Waals surface area contributed by atoms with Gasteiger partial charge in [0.25, 0.3) is 0 Å². The molecule has 0 unspecified atom stereocenters. The first-order valence-corrected chi connectivity index (χ1v) is 7.40. The van der Waals surface area contributed by atoms with Gasteiger partial charge < -0.3 is 15.4 Å². The highest BCUT2D eigenvalue weighted by Gasteiger charge is 2.14. The van der Waals surface area contributed by atoms with Crippen molar-refractivity contribution in [3.05, 3.63) is 54.1 Å². The Kier molecular flexibility index (Phi) is 5.36. The summed E-state index contributed by atoms with van der Waals surface area (Å²) >= 11 is 0. The molecule has 0 atom stereocenters. The number of aryl methyl sites for hydroxylation is 1. The van der Waals surface area contributed by atoms with Gasteiger partial charge >= 0.3 is 11.8 Å². The Hall–Kier alpha value is -2.82. The first-order valence-electron chi connectivity index (χ1n) is 7.40. The first kappa shape index (κ1) is 16.5. The van der Waals surface area contributed by atoms with Crippen molar-refractivity contribution < 1.29 is 14.3 Å². The molecule has 0 bridgehead atoms. The minimum Gasteiger partial charge on any atom is -0.491 e. The molecule has 5 heteroatoms. The molecule has 0 radical (unpaired) electrons. The predicted molar refractivity (Wildman–Crippen MR) is 90.6 cm³/mol. The predicted octanol–water partition coefficient (Wildman–Crippen LogP) is 3.36. The summed E-state index contributed by atoms with van der Waals surface area (Å²) in [7, 11) is 0. The van der Waals surface area contributed by atoms with Crippen molar-refractivity contribution in [1.29, 1.82) is 0 Å². The first-order chi connectivity index (χ1) is 11.0. The number of ether oxygens (including phenoxy) is 1. The van der Waals surface area contributed by atoms with Gasteiger partial charge in [-0.2, -0.15) is 0 Å². The Morgan fingerprint density at radius 3 is 2.13 bits per heavy atom. The van der Waals surface area contributed by atoms with E-state index in [-0.39, 0.29) is 6.10 Å². The van der Waals surface area contributed by atoms with Gasteiger partial charge in [-0.15, -0.1) is 0 Å². The lowest BCUT2D eigenvalue weighted by Gasteiger charge is -2.11. The molecule has 0 saturated heterocycles. The minimum atomic E-state index is -0.717. The third kappa shape index (κ3) is 4.85. The van der Waals surface area contributed by atoms with Crippen molar-refractivity contribution in [2.45, 2.75) is 26.9 Å². The molecule has 23 heavy (non-hydrogen) atoms. The number of hydrogen-bond donors (Lipinski definition) is 2. The Morgan fingerprint density at radius 2 is 1.52 bits per heavy atom. The lowest BCUT2D eigenvalue weighted by Crippen LogP contribution is -2.29. The fourth-order valence-electron chi connectivity index (χ4n) is 1.97. The van der Waals surface area contributed by atoms with E-state index in [4.69, 9.17) is 4.74 Å². The fraction of sp³-hybridized carbons (Fsp3) is 0.222. The van der Waals surface area contributed by atoms with Crippen molar-refractivity contribution in [2.24, 2.45) is 0 Å². The van der Waals surface area contributed by atoms with Crippen LogP contribution in [0.1, 0.15) is 19.4 Å². The number of para-hydroxylation sites is 1. The average molecular weight is 312 g/mol. The molecule has 0 aliphatic carbocycles. The molecule has 0 saturated carbocycles. The summed E-state index contributed by atoms with van der Waals surface area (Å²) < 4.78 is 5.52. The van der Waals surface area contributed by atoms with E-state index in [1.807, 2.05) is 32.9 Å². The molecule has 0 heterocycles. The SMILES string of the molecule is Cc1ccccc1NC(=O)C(=O)Nc1ccc(OC(C)C)cc1. The van der Waals surface area contributed by atoms with Gasteiger partial charge in [0.15, 0.2) is 0 Å². The molecule has 0 spiro atoms. The van der Waals surface area contributed by atoms with Crippen molar-refractivity contribution in [2.75, 3.05) is 10.6 Å². The van der Waals surface area contributed by atoms with E-state index in [2.05, 4.69) is 10.6 Å². The molecule has 2 aromatic carbocycles. The molecule has 2 N–H and O–H groups in total. The highest BCUT2D eigenvalue weighted by atomic mass is 16.5. The van der Waals surface area contributed by atoms with Gasteiger partial charge in [-0.1, -0.05) is 18.2 Å². The molecule has 0 aliphatic heterocycles. The smallest absolute Gasteiger partial charge is 0.314 e. The van der Waals surface area contributed by atoms with Crippen LogP contribution in [0.4, 0.5) is 11.4 Å². The zero-order valence-corrected chi connectivity index (χ0v) is 13.4. The maximum absolute atomic E-state index is 11.9. The Labute approximate surface area is 135 Å². The quantitative estimate of drug-likeness (QED) is 0.851. The van der Waals surface area contributed by atoms with Crippen molar-refractivity contribution in [1.82, 2.24) is 0 Å². The molecule has 0 aromatic heterocycles. The largest absolute Gasteiger partial charge is 0.491 e. The second-order valence-electron chi connectivity index (χ2n) is 5.41. The van der Waals surface area contributed by atoms with Gasteiger partial charge in [0.2, 0.25) is 0 Å². The highest BCUT2D eigenvalue weighted by molar-refractivity contribution is 6.43. The van der Waals surface area contributed by atoms with E-state index in [0.717, 1.165) is 5.56 Å². The van der Waals surface area contributed by atoms with Gasteiger partial charge in [-0.25, -0.2) is 0 Å². The van der Waals surface area contributed by atoms with Crippen LogP contribution in [0.5, 0.6) is 5.75 Å². The van der Waals surface area contributed by atoms with Crippen molar-refractivity contribution in [3.63, 3.8) is 0 Å². The number of amides is 2. The number of hydrogen-bond acceptors (Lipinski definition) is 3. The average Bonchev–Trinajstić information content (AvgIpc) is 2.51. The Morgan fingerprint density at radius 1 is 0.913 bits per heavy atom. The molecule has 2 aromatic rings. The molecule has 0 fully saturated rings. The zero-order chi connectivity index (χ0) is 16.8. The summed E-state index contributed by atoms with van der Waals surface area (Å²) in [5.74, 6) is -0.713. The summed E-state index contributed by atoms with van der Waals surface area (Å²) in [4.78, 5) is 23.9. The van der Waals surface area contributed by atoms with E-state index in [9.17, 15) is 9.59 Å². The second kappa shape index (κ2) is 7.45. The zero-order valence-electron chi connectivity index (χ0n) is 13.4. The van der Waals surface area contributed by atoms with Crippen LogP contribution < -0.4 is 15.4 Å². The van der Waals surface area contributed by atoms with Crippen LogP contribution in [-0.2, 0) is 9.59 Å². The fourth-order valence-corrected chi connectivity index (χ4v) is 1.97. The lowest BCUT2D eigenvalue weighted by atomic mass is 10.2. The van der Waals surface area contributed by atoms with Crippen LogP contribution in [0, 0.1) is 6.92 Å². The number of anilines is 2. The monoisotopic (exact) mass is 312 g/mol. The Bertz CT molecular complexity index is 694. The Balaban J connectivity index is 1.96. The summed E-state index contributed by atoms with van der Waals surface area (Å²) in [6.45, 7) is 5.73. The molecule has 0 aliphatic rings. The number of nitrogens with one attached hydrogen (secondary N) is 2. The van der Waals surface area contributed by atoms with E-state index in [1.54, 1.807) is 36.4 Å². The van der Waals surface area contributed by atoms with Gasteiger partial charge in [-0.05, 0) is 56.7 Å². The number of carbonyl (C=O) groups excluding carboxylic acids is 2. The van der Waals surface area contributed by atoms with Crippen LogP contribution >= 0.6 is 0 Å². The minimum absolute atomic E-state index is 0.0790. The van der Waals surface area contributed by atoms with Crippen LogP contribution in [0.3, 0.4) is 0 Å². The third-order valence-corrected chi connectivity index (χ3v) is 3.08. The van der Waals surface area contributed by atoms with Gasteiger partial charge in [-0.3, -0.25) is 9.59 Å². The summed E-state index contributed by atoms with van der Waals surface area (Å²) in [5, 5.41) is 5.15. The number of rotatable bonds is 4. The maximum atomic E-state index is 11.9. The third-order valence-electron chi connectivity index (χ3n) is 3.08. The van der Waals surface area contributed by atoms with Crippen LogP contribution in [0.15, 0.2) is 48.5 Å². The summed E-state index contributed by atoms with van der Waals surface area (Å²) in [6.07, 6.45) is 0.0790. The van der Waals surface area contributed by atoms with E-state index in [0.29, 0.717) is 17.1 Å². The summed E-state index contributed by atoms with van der Waals surface area (Å²) in [6, 6.07) is 14.1. The van der Waals surface area contributed by atoms with Crippen molar-refractivity contribution in [3.8, 4) is 5.75 Å². The molecule has 120 valence electrons. The molecular formula is C18H20N2O3. The van der Waals surface area contributed by atoms with Crippen LogP contribution in [-0.4, -0.2) is 17.9 Å². The standard InChI is InChI=1S/C18H20N2O3/c1-12(2)23-15-10-8-14(9-11-15)19-17(21)18(22)20-16-7-5-4-6-13(16)3/h4-12H,1-3H3,(H,19,21)(H,20,22). The maximum Gasteiger partial charge on any atom is 0.314 e. The lowest BCUT2D eigenvalue weighted by molar-refractivity contribution is -0.133. The van der Waals surface area contributed by atoms with Gasteiger partial charge in [0.05, 0.1) is 6.10 Å². The second-order valence-corrected chi connectivity index (χ2v) is 5.41. The summed E-state index contributed by atoms with van der Waals surface area (Å²) in [5.41, 5.74) is 2.04. The van der Waals surface area contributed by atoms with E-state index >= 15 is 0 Å². The van der Waals surface area contributed by atoms with E-state index in [1.165, 1.54) is 0 Å². The molecular weight excluding hydrogens is 292 g/mol. The highest BCUT2D eigenvalue weighted by Crippen LogP contribution is 2.17. The van der Waals surface area contributed by atoms with Crippen LogP contribution in [0.25, 0.3) is 0 Å². The normalized spacial score (nSPS) is 10.3. The molecule has 5 nitrogen and oxygen atoms in total. The van der Waals surface area contributed by atoms with Gasteiger partial charge in [0.1, 0.15) is 5.75 Å². The number of benzene rings is 2. The number of carbonyl (C=O) groups is 2. The molecule has 2 rings (SSSR count).